The molecule has 4 heteroatoms. The number of nitrogens with zero attached hydrogens (tertiary/aromatic N) is 3. The first-order valence-electron chi connectivity index (χ1n) is 10.7. The number of piperazine rings is 1. The summed E-state index contributed by atoms with van der Waals surface area (Å²) in [5.41, 5.74) is 1.75. The van der Waals surface area contributed by atoms with Crippen molar-refractivity contribution < 1.29 is 5.11 Å². The number of benzene rings is 1. The van der Waals surface area contributed by atoms with E-state index in [1.807, 2.05) is 0 Å². The number of aliphatic hydroxyl groups is 1. The second-order valence-corrected chi connectivity index (χ2v) is 9.23. The lowest BCUT2D eigenvalue weighted by Crippen LogP contribution is -2.79. The normalized spacial score (nSPS) is 32.8. The Kier molecular flexibility index (Phi) is 4.56. The van der Waals surface area contributed by atoms with Crippen LogP contribution in [0.1, 0.15) is 37.7 Å². The van der Waals surface area contributed by atoms with Crippen LogP contribution in [0.3, 0.4) is 0 Å². The molecule has 0 bridgehead atoms. The van der Waals surface area contributed by atoms with Gasteiger partial charge in [0.15, 0.2) is 0 Å². The molecule has 0 radical (unpaired) electrons. The molecule has 0 aromatic heterocycles. The summed E-state index contributed by atoms with van der Waals surface area (Å²) in [7, 11) is 0. The summed E-state index contributed by atoms with van der Waals surface area (Å²) < 4.78 is 0. The Hall–Kier alpha value is -0.940. The van der Waals surface area contributed by atoms with E-state index in [4.69, 9.17) is 0 Å². The molecule has 5 rings (SSSR count). The molecule has 4 nitrogen and oxygen atoms in total. The molecule has 4 aliphatic rings. The Morgan fingerprint density at radius 1 is 0.962 bits per heavy atom. The number of fused-ring (bicyclic) bond motifs is 2. The second-order valence-electron chi connectivity index (χ2n) is 9.23. The summed E-state index contributed by atoms with van der Waals surface area (Å²) in [5, 5.41) is 10.3. The highest BCUT2D eigenvalue weighted by atomic mass is 16.3. The monoisotopic (exact) mass is 355 g/mol. The SMILES string of the molecule is O[C@@H]1C[C@H]2CN(CCc3ccccc3)CC3(CN(C4CCCC4)C3)N2C1. The molecule has 3 saturated heterocycles. The fraction of sp³-hybridized carbons (Fsp3) is 0.727. The average Bonchev–Trinajstić information content (AvgIpc) is 3.27. The standard InChI is InChI=1S/C22H33N3O/c26-21-12-20-13-23(11-10-18-6-2-1-3-7-18)15-22(25(20)14-21)16-24(17-22)19-8-4-5-9-19/h1-3,6-7,19-21,26H,4-5,8-17H2/t20-,21+/m0/s1. The molecule has 1 aromatic rings. The molecular formula is C22H33N3O. The van der Waals surface area contributed by atoms with Gasteiger partial charge in [0.05, 0.1) is 11.6 Å². The van der Waals surface area contributed by atoms with E-state index in [2.05, 4.69) is 45.0 Å². The summed E-state index contributed by atoms with van der Waals surface area (Å²) >= 11 is 0. The van der Waals surface area contributed by atoms with Crippen LogP contribution in [0.4, 0.5) is 0 Å². The maximum atomic E-state index is 10.3. The van der Waals surface area contributed by atoms with Gasteiger partial charge in [-0.25, -0.2) is 0 Å². The zero-order chi connectivity index (χ0) is 17.6. The lowest BCUT2D eigenvalue weighted by Gasteiger charge is -2.62. The molecule has 3 heterocycles. The highest BCUT2D eigenvalue weighted by Gasteiger charge is 2.56. The fourth-order valence-corrected chi connectivity index (χ4v) is 6.14. The van der Waals surface area contributed by atoms with Gasteiger partial charge in [-0.3, -0.25) is 14.7 Å². The quantitative estimate of drug-likeness (QED) is 0.895. The third-order valence-corrected chi connectivity index (χ3v) is 7.38. The summed E-state index contributed by atoms with van der Waals surface area (Å²) in [4.78, 5) is 8.13. The van der Waals surface area contributed by atoms with Crippen molar-refractivity contribution in [1.29, 1.82) is 0 Å². The van der Waals surface area contributed by atoms with Crippen LogP contribution in [0, 0.1) is 0 Å². The molecule has 142 valence electrons. The van der Waals surface area contributed by atoms with E-state index in [-0.39, 0.29) is 6.10 Å². The molecule has 1 aliphatic carbocycles. The lowest BCUT2D eigenvalue weighted by atomic mass is 9.82. The van der Waals surface area contributed by atoms with E-state index in [1.165, 1.54) is 50.9 Å². The van der Waals surface area contributed by atoms with Gasteiger partial charge < -0.3 is 5.11 Å². The van der Waals surface area contributed by atoms with Crippen LogP contribution in [0.5, 0.6) is 0 Å². The van der Waals surface area contributed by atoms with Crippen molar-refractivity contribution in [3.05, 3.63) is 35.9 Å². The van der Waals surface area contributed by atoms with Crippen molar-refractivity contribution in [3.8, 4) is 0 Å². The van der Waals surface area contributed by atoms with Gasteiger partial charge in [-0.05, 0) is 31.2 Å². The number of β-amino-alcohol motifs (C(OH)–C–C–N with tert-alkyl or cyclic N) is 1. The average molecular weight is 356 g/mol. The molecule has 4 fully saturated rings. The minimum Gasteiger partial charge on any atom is -0.392 e. The van der Waals surface area contributed by atoms with Crippen LogP contribution in [-0.4, -0.2) is 82.8 Å². The first-order chi connectivity index (χ1) is 12.7. The third kappa shape index (κ3) is 3.11. The van der Waals surface area contributed by atoms with Gasteiger partial charge in [0.2, 0.25) is 0 Å². The second kappa shape index (κ2) is 6.90. The highest BCUT2D eigenvalue weighted by molar-refractivity contribution is 5.17. The zero-order valence-electron chi connectivity index (χ0n) is 15.9. The van der Waals surface area contributed by atoms with Crippen LogP contribution in [-0.2, 0) is 6.42 Å². The number of rotatable bonds is 4. The Morgan fingerprint density at radius 2 is 1.73 bits per heavy atom. The van der Waals surface area contributed by atoms with Crippen LogP contribution in [0.25, 0.3) is 0 Å². The van der Waals surface area contributed by atoms with Crippen LogP contribution >= 0.6 is 0 Å². The number of aliphatic hydroxyl groups excluding tert-OH is 1. The topological polar surface area (TPSA) is 30.0 Å². The largest absolute Gasteiger partial charge is 0.392 e. The fourth-order valence-electron chi connectivity index (χ4n) is 6.14. The zero-order valence-corrected chi connectivity index (χ0v) is 15.9. The maximum Gasteiger partial charge on any atom is 0.0682 e. The molecule has 2 atom stereocenters. The number of hydrogen-bond acceptors (Lipinski definition) is 4. The van der Waals surface area contributed by atoms with Crippen molar-refractivity contribution in [2.45, 2.75) is 62.3 Å². The van der Waals surface area contributed by atoms with Gasteiger partial charge >= 0.3 is 0 Å². The van der Waals surface area contributed by atoms with Gasteiger partial charge in [0, 0.05) is 51.4 Å². The number of likely N-dealkylation sites (tertiary alicyclic amines) is 1. The molecule has 26 heavy (non-hydrogen) atoms. The minimum absolute atomic E-state index is 0.119. The molecule has 0 unspecified atom stereocenters. The molecule has 0 amide bonds. The Bertz CT molecular complexity index is 609. The van der Waals surface area contributed by atoms with Crippen molar-refractivity contribution in [1.82, 2.24) is 14.7 Å². The Balaban J connectivity index is 1.26. The van der Waals surface area contributed by atoms with Crippen LogP contribution in [0.15, 0.2) is 30.3 Å². The highest BCUT2D eigenvalue weighted by Crippen LogP contribution is 2.41. The van der Waals surface area contributed by atoms with Gasteiger partial charge in [-0.2, -0.15) is 0 Å². The van der Waals surface area contributed by atoms with Crippen LogP contribution < -0.4 is 0 Å². The summed E-state index contributed by atoms with van der Waals surface area (Å²) in [6.45, 7) is 6.82. The summed E-state index contributed by atoms with van der Waals surface area (Å²) in [6.07, 6.45) is 7.63. The summed E-state index contributed by atoms with van der Waals surface area (Å²) in [6, 6.07) is 12.3. The van der Waals surface area contributed by atoms with Crippen molar-refractivity contribution in [2.24, 2.45) is 0 Å². The van der Waals surface area contributed by atoms with Crippen molar-refractivity contribution in [3.63, 3.8) is 0 Å². The van der Waals surface area contributed by atoms with Gasteiger partial charge in [-0.15, -0.1) is 0 Å². The van der Waals surface area contributed by atoms with Crippen LogP contribution in [0.2, 0.25) is 0 Å². The van der Waals surface area contributed by atoms with E-state index in [0.29, 0.717) is 11.6 Å². The van der Waals surface area contributed by atoms with Crippen molar-refractivity contribution in [2.75, 3.05) is 39.3 Å². The van der Waals surface area contributed by atoms with Gasteiger partial charge in [-0.1, -0.05) is 43.2 Å². The van der Waals surface area contributed by atoms with E-state index in [9.17, 15) is 5.11 Å². The molecule has 3 aliphatic heterocycles. The van der Waals surface area contributed by atoms with Gasteiger partial charge in [0.25, 0.3) is 0 Å². The minimum atomic E-state index is -0.119. The molecular weight excluding hydrogens is 322 g/mol. The smallest absolute Gasteiger partial charge is 0.0682 e. The molecule has 1 N–H and O–H groups in total. The van der Waals surface area contributed by atoms with E-state index >= 15 is 0 Å². The van der Waals surface area contributed by atoms with Gasteiger partial charge in [0.1, 0.15) is 0 Å². The molecule has 1 spiro atoms. The van der Waals surface area contributed by atoms with E-state index in [1.54, 1.807) is 0 Å². The summed E-state index contributed by atoms with van der Waals surface area (Å²) in [5.74, 6) is 0. The molecule has 1 aromatic carbocycles. The van der Waals surface area contributed by atoms with Crippen molar-refractivity contribution >= 4 is 0 Å². The Morgan fingerprint density at radius 3 is 2.50 bits per heavy atom. The maximum absolute atomic E-state index is 10.3. The molecule has 1 saturated carbocycles. The lowest BCUT2D eigenvalue weighted by molar-refractivity contribution is -0.125. The predicted octanol–water partition coefficient (Wildman–Crippen LogP) is 1.98. The van der Waals surface area contributed by atoms with E-state index < -0.39 is 0 Å². The first-order valence-corrected chi connectivity index (χ1v) is 10.7. The number of hydrogen-bond donors (Lipinski definition) is 1. The predicted molar refractivity (Wildman–Crippen MR) is 104 cm³/mol. The van der Waals surface area contributed by atoms with E-state index in [0.717, 1.165) is 38.5 Å². The Labute approximate surface area is 157 Å². The first kappa shape index (κ1) is 17.2. The third-order valence-electron chi connectivity index (χ3n) is 7.38.